The molecule has 2 rings (SSSR count). The Labute approximate surface area is 94.4 Å². The largest absolute Gasteiger partial charge is 0.315 e. The molecular formula is C13H26N2. The number of likely N-dealkylation sites (tertiary alicyclic amines) is 1. The van der Waals surface area contributed by atoms with Crippen molar-refractivity contribution >= 4 is 0 Å². The number of nitrogens with zero attached hydrogens (tertiary/aromatic N) is 1. The maximum absolute atomic E-state index is 3.69. The Balaban J connectivity index is 1.59. The summed E-state index contributed by atoms with van der Waals surface area (Å²) in [6, 6.07) is 0.806. The summed E-state index contributed by atoms with van der Waals surface area (Å²) < 4.78 is 0. The van der Waals surface area contributed by atoms with Crippen molar-refractivity contribution in [3.63, 3.8) is 0 Å². The summed E-state index contributed by atoms with van der Waals surface area (Å²) >= 11 is 0. The van der Waals surface area contributed by atoms with Crippen LogP contribution in [0, 0.1) is 5.92 Å². The van der Waals surface area contributed by atoms with Gasteiger partial charge >= 0.3 is 0 Å². The van der Waals surface area contributed by atoms with Gasteiger partial charge in [0, 0.05) is 12.6 Å². The van der Waals surface area contributed by atoms with Crippen molar-refractivity contribution in [2.45, 2.75) is 51.0 Å². The maximum atomic E-state index is 3.69. The molecule has 1 aliphatic carbocycles. The fourth-order valence-electron chi connectivity index (χ4n) is 3.07. The van der Waals surface area contributed by atoms with E-state index in [0.29, 0.717) is 0 Å². The molecule has 0 radical (unpaired) electrons. The molecule has 88 valence electrons. The van der Waals surface area contributed by atoms with Gasteiger partial charge < -0.3 is 10.2 Å². The van der Waals surface area contributed by atoms with Gasteiger partial charge in [-0.15, -0.1) is 0 Å². The average Bonchev–Trinajstić information content (AvgIpc) is 2.74. The highest BCUT2D eigenvalue weighted by molar-refractivity contribution is 4.77. The SMILES string of the molecule is CN1CCCCC1CNCC1CCCC1. The van der Waals surface area contributed by atoms with Crippen molar-refractivity contribution in [3.05, 3.63) is 0 Å². The van der Waals surface area contributed by atoms with Gasteiger partial charge in [-0.2, -0.15) is 0 Å². The maximum Gasteiger partial charge on any atom is 0.0217 e. The molecule has 0 aromatic heterocycles. The Kier molecular flexibility index (Phi) is 4.45. The third-order valence-corrected chi connectivity index (χ3v) is 4.21. The van der Waals surface area contributed by atoms with Crippen LogP contribution in [-0.4, -0.2) is 37.6 Å². The summed E-state index contributed by atoms with van der Waals surface area (Å²) in [7, 11) is 2.28. The Bertz CT molecular complexity index is 175. The van der Waals surface area contributed by atoms with E-state index in [1.165, 1.54) is 64.6 Å². The molecule has 1 N–H and O–H groups in total. The second kappa shape index (κ2) is 5.86. The van der Waals surface area contributed by atoms with Crippen molar-refractivity contribution in [2.24, 2.45) is 5.92 Å². The quantitative estimate of drug-likeness (QED) is 0.765. The summed E-state index contributed by atoms with van der Waals surface area (Å²) in [6.07, 6.45) is 10.1. The van der Waals surface area contributed by atoms with Crippen LogP contribution in [0.5, 0.6) is 0 Å². The predicted molar refractivity (Wildman–Crippen MR) is 65.1 cm³/mol. The van der Waals surface area contributed by atoms with E-state index in [-0.39, 0.29) is 0 Å². The van der Waals surface area contributed by atoms with Gasteiger partial charge in [0.15, 0.2) is 0 Å². The molecule has 1 aliphatic heterocycles. The van der Waals surface area contributed by atoms with Crippen molar-refractivity contribution in [3.8, 4) is 0 Å². The van der Waals surface area contributed by atoms with Crippen LogP contribution in [-0.2, 0) is 0 Å². The number of hydrogen-bond donors (Lipinski definition) is 1. The standard InChI is InChI=1S/C13H26N2/c1-15-9-5-4-8-13(15)11-14-10-12-6-2-3-7-12/h12-14H,2-11H2,1H3. The number of piperidine rings is 1. The molecule has 0 spiro atoms. The van der Waals surface area contributed by atoms with E-state index < -0.39 is 0 Å². The zero-order chi connectivity index (χ0) is 10.5. The summed E-state index contributed by atoms with van der Waals surface area (Å²) in [5.74, 6) is 0.985. The van der Waals surface area contributed by atoms with Crippen LogP contribution in [0.3, 0.4) is 0 Å². The van der Waals surface area contributed by atoms with E-state index in [2.05, 4.69) is 17.3 Å². The number of nitrogens with one attached hydrogen (secondary N) is 1. The number of hydrogen-bond acceptors (Lipinski definition) is 2. The van der Waals surface area contributed by atoms with Crippen LogP contribution >= 0.6 is 0 Å². The highest BCUT2D eigenvalue weighted by Gasteiger charge is 2.19. The van der Waals surface area contributed by atoms with Gasteiger partial charge in [-0.3, -0.25) is 0 Å². The van der Waals surface area contributed by atoms with Crippen LogP contribution in [0.1, 0.15) is 44.9 Å². The first kappa shape index (κ1) is 11.4. The lowest BCUT2D eigenvalue weighted by molar-refractivity contribution is 0.180. The van der Waals surface area contributed by atoms with Crippen LogP contribution < -0.4 is 5.32 Å². The van der Waals surface area contributed by atoms with E-state index in [4.69, 9.17) is 0 Å². The lowest BCUT2D eigenvalue weighted by atomic mass is 10.0. The third-order valence-electron chi connectivity index (χ3n) is 4.21. The lowest BCUT2D eigenvalue weighted by Crippen LogP contribution is -2.43. The molecule has 0 bridgehead atoms. The topological polar surface area (TPSA) is 15.3 Å². The minimum absolute atomic E-state index is 0.806. The first-order valence-electron chi connectivity index (χ1n) is 6.77. The van der Waals surface area contributed by atoms with Crippen molar-refractivity contribution in [1.82, 2.24) is 10.2 Å². The first-order chi connectivity index (χ1) is 7.36. The van der Waals surface area contributed by atoms with Crippen molar-refractivity contribution in [1.29, 1.82) is 0 Å². The fourth-order valence-corrected chi connectivity index (χ4v) is 3.07. The Morgan fingerprint density at radius 3 is 2.47 bits per heavy atom. The second-order valence-corrected chi connectivity index (χ2v) is 5.44. The average molecular weight is 210 g/mol. The van der Waals surface area contributed by atoms with Crippen LogP contribution in [0.4, 0.5) is 0 Å². The van der Waals surface area contributed by atoms with Crippen LogP contribution in [0.2, 0.25) is 0 Å². The molecule has 15 heavy (non-hydrogen) atoms. The molecule has 2 aliphatic rings. The summed E-state index contributed by atoms with van der Waals surface area (Å²) in [5.41, 5.74) is 0. The third kappa shape index (κ3) is 3.46. The summed E-state index contributed by atoms with van der Waals surface area (Å²) in [5, 5.41) is 3.69. The molecule has 2 nitrogen and oxygen atoms in total. The minimum atomic E-state index is 0.806. The lowest BCUT2D eigenvalue weighted by Gasteiger charge is -2.32. The Morgan fingerprint density at radius 1 is 1.00 bits per heavy atom. The van der Waals surface area contributed by atoms with Gasteiger partial charge in [-0.1, -0.05) is 19.3 Å². The Hall–Kier alpha value is -0.0800. The van der Waals surface area contributed by atoms with Crippen LogP contribution in [0.25, 0.3) is 0 Å². The van der Waals surface area contributed by atoms with E-state index in [1.807, 2.05) is 0 Å². The minimum Gasteiger partial charge on any atom is -0.315 e. The molecule has 1 saturated heterocycles. The zero-order valence-corrected chi connectivity index (χ0v) is 10.2. The van der Waals surface area contributed by atoms with Gasteiger partial charge in [0.1, 0.15) is 0 Å². The molecular weight excluding hydrogens is 184 g/mol. The van der Waals surface area contributed by atoms with E-state index >= 15 is 0 Å². The van der Waals surface area contributed by atoms with Crippen molar-refractivity contribution < 1.29 is 0 Å². The summed E-state index contributed by atoms with van der Waals surface area (Å²) in [6.45, 7) is 3.78. The van der Waals surface area contributed by atoms with Crippen LogP contribution in [0.15, 0.2) is 0 Å². The van der Waals surface area contributed by atoms with Gasteiger partial charge in [-0.25, -0.2) is 0 Å². The zero-order valence-electron chi connectivity index (χ0n) is 10.2. The molecule has 0 aromatic carbocycles. The molecule has 0 amide bonds. The smallest absolute Gasteiger partial charge is 0.0217 e. The van der Waals surface area contributed by atoms with Gasteiger partial charge in [-0.05, 0) is 51.7 Å². The fraction of sp³-hybridized carbons (Fsp3) is 1.00. The van der Waals surface area contributed by atoms with E-state index in [0.717, 1.165) is 12.0 Å². The molecule has 2 heteroatoms. The molecule has 0 aromatic rings. The first-order valence-corrected chi connectivity index (χ1v) is 6.77. The van der Waals surface area contributed by atoms with E-state index in [1.54, 1.807) is 0 Å². The highest BCUT2D eigenvalue weighted by atomic mass is 15.2. The molecule has 1 heterocycles. The predicted octanol–water partition coefficient (Wildman–Crippen LogP) is 2.25. The second-order valence-electron chi connectivity index (χ2n) is 5.44. The molecule has 2 fully saturated rings. The number of likely N-dealkylation sites (N-methyl/N-ethyl adjacent to an activating group) is 1. The summed E-state index contributed by atoms with van der Waals surface area (Å²) in [4.78, 5) is 2.53. The van der Waals surface area contributed by atoms with Gasteiger partial charge in [0.05, 0.1) is 0 Å². The molecule has 1 saturated carbocycles. The van der Waals surface area contributed by atoms with Crippen molar-refractivity contribution in [2.75, 3.05) is 26.7 Å². The number of rotatable bonds is 4. The Morgan fingerprint density at radius 2 is 1.73 bits per heavy atom. The molecule has 1 unspecified atom stereocenters. The monoisotopic (exact) mass is 210 g/mol. The van der Waals surface area contributed by atoms with Gasteiger partial charge in [0.25, 0.3) is 0 Å². The molecule has 1 atom stereocenters. The van der Waals surface area contributed by atoms with Gasteiger partial charge in [0.2, 0.25) is 0 Å². The normalized spacial score (nSPS) is 29.8. The van der Waals surface area contributed by atoms with E-state index in [9.17, 15) is 0 Å². The highest BCUT2D eigenvalue weighted by Crippen LogP contribution is 2.23.